The summed E-state index contributed by atoms with van der Waals surface area (Å²) in [6, 6.07) is 13.7. The van der Waals surface area contributed by atoms with Crippen LogP contribution in [0.5, 0.6) is 5.75 Å². The molecule has 0 saturated heterocycles. The van der Waals surface area contributed by atoms with Gasteiger partial charge in [-0.3, -0.25) is 14.4 Å². The van der Waals surface area contributed by atoms with Gasteiger partial charge in [-0.25, -0.2) is 0 Å². The third-order valence-electron chi connectivity index (χ3n) is 4.70. The quantitative estimate of drug-likeness (QED) is 0.436. The largest absolute Gasteiger partial charge is 0.494 e. The lowest BCUT2D eigenvalue weighted by molar-refractivity contribution is 0.100. The van der Waals surface area contributed by atoms with Crippen LogP contribution in [0, 0.1) is 0 Å². The Bertz CT molecular complexity index is 1300. The summed E-state index contributed by atoms with van der Waals surface area (Å²) >= 11 is 0. The molecule has 0 bridgehead atoms. The minimum atomic E-state index is -0.536. The van der Waals surface area contributed by atoms with E-state index in [-0.39, 0.29) is 10.7 Å². The molecule has 32 heavy (non-hydrogen) atoms. The Morgan fingerprint density at radius 2 is 1.41 bits per heavy atom. The Morgan fingerprint density at radius 1 is 0.906 bits per heavy atom. The van der Waals surface area contributed by atoms with E-state index in [1.54, 1.807) is 30.3 Å². The first-order valence-corrected chi connectivity index (χ1v) is 10.2. The predicted octanol–water partition coefficient (Wildman–Crippen LogP) is 0.150. The van der Waals surface area contributed by atoms with E-state index in [1.165, 1.54) is 6.08 Å². The van der Waals surface area contributed by atoms with Crippen LogP contribution in [-0.2, 0) is 0 Å². The van der Waals surface area contributed by atoms with Gasteiger partial charge in [0.2, 0.25) is 5.91 Å². The second-order valence-corrected chi connectivity index (χ2v) is 7.58. The number of nitrogens with zero attached hydrogens (tertiary/aromatic N) is 1. The summed E-state index contributed by atoms with van der Waals surface area (Å²) in [5, 5.41) is 0.260. The highest BCUT2D eigenvalue weighted by atomic mass is 16.5. The lowest BCUT2D eigenvalue weighted by Gasteiger charge is -2.10. The first-order valence-electron chi connectivity index (χ1n) is 10.2. The summed E-state index contributed by atoms with van der Waals surface area (Å²) in [7, 11) is 4.04. The fourth-order valence-electron chi connectivity index (χ4n) is 3.00. The van der Waals surface area contributed by atoms with Crippen LogP contribution in [0.4, 0.5) is 0 Å². The van der Waals surface area contributed by atoms with Crippen molar-refractivity contribution in [1.82, 2.24) is 14.9 Å². The zero-order chi connectivity index (χ0) is 23.1. The first kappa shape index (κ1) is 22.8. The maximum atomic E-state index is 12.5. The standard InChI is InChI=1S/C24H26N4O4/c1-28(2)12-3-13-32-19-10-6-17(7-11-19)15-21-24(31)26-20(23(30)27-21)14-16-4-8-18(9-5-16)22(25)29/h4-11,14-15H,3,12-13H2,1-2H3,(H2,25,29)(H,26,31)(H,27,30)/b20-14?,21-15-. The Morgan fingerprint density at radius 3 is 1.88 bits per heavy atom. The van der Waals surface area contributed by atoms with E-state index in [0.29, 0.717) is 17.7 Å². The van der Waals surface area contributed by atoms with Gasteiger partial charge in [-0.2, -0.15) is 0 Å². The molecule has 3 rings (SSSR count). The molecule has 2 aromatic carbocycles. The fourth-order valence-corrected chi connectivity index (χ4v) is 3.00. The van der Waals surface area contributed by atoms with Gasteiger partial charge in [0.15, 0.2) is 0 Å². The molecule has 0 aliphatic rings. The van der Waals surface area contributed by atoms with Gasteiger partial charge in [-0.15, -0.1) is 0 Å². The zero-order valence-corrected chi connectivity index (χ0v) is 18.1. The number of amides is 1. The van der Waals surface area contributed by atoms with Gasteiger partial charge < -0.3 is 25.3 Å². The van der Waals surface area contributed by atoms with Crippen molar-refractivity contribution in [2.24, 2.45) is 5.73 Å². The van der Waals surface area contributed by atoms with Gasteiger partial charge >= 0.3 is 0 Å². The molecule has 0 spiro atoms. The van der Waals surface area contributed by atoms with E-state index in [0.717, 1.165) is 24.3 Å². The van der Waals surface area contributed by atoms with Crippen molar-refractivity contribution in [3.05, 3.63) is 96.6 Å². The maximum Gasteiger partial charge on any atom is 0.272 e. The molecule has 3 aromatic rings. The van der Waals surface area contributed by atoms with Crippen molar-refractivity contribution >= 4 is 18.1 Å². The Labute approximate surface area is 184 Å². The minimum Gasteiger partial charge on any atom is -0.494 e. The van der Waals surface area contributed by atoms with Gasteiger partial charge in [0.1, 0.15) is 16.4 Å². The van der Waals surface area contributed by atoms with Gasteiger partial charge in [0.05, 0.1) is 6.61 Å². The average Bonchev–Trinajstić information content (AvgIpc) is 2.76. The Hall–Kier alpha value is -3.91. The van der Waals surface area contributed by atoms with Gasteiger partial charge in [0, 0.05) is 12.1 Å². The first-order chi connectivity index (χ1) is 15.3. The normalized spacial score (nSPS) is 12.3. The van der Waals surface area contributed by atoms with E-state index in [2.05, 4.69) is 14.9 Å². The molecule has 166 valence electrons. The molecule has 0 unspecified atom stereocenters. The van der Waals surface area contributed by atoms with Crippen molar-refractivity contribution in [2.75, 3.05) is 27.2 Å². The van der Waals surface area contributed by atoms with Gasteiger partial charge in [-0.1, -0.05) is 24.3 Å². The molecule has 1 amide bonds. The molecule has 0 radical (unpaired) electrons. The van der Waals surface area contributed by atoms with E-state index >= 15 is 0 Å². The molecule has 0 atom stereocenters. The molecular weight excluding hydrogens is 408 g/mol. The number of carbonyl (C=O) groups is 1. The maximum absolute atomic E-state index is 12.5. The summed E-state index contributed by atoms with van der Waals surface area (Å²) in [6.07, 6.45) is 4.05. The summed E-state index contributed by atoms with van der Waals surface area (Å²) in [5.41, 5.74) is 6.13. The summed E-state index contributed by atoms with van der Waals surface area (Å²) < 4.78 is 5.70. The molecule has 8 heteroatoms. The van der Waals surface area contributed by atoms with Crippen LogP contribution < -0.4 is 32.3 Å². The number of aromatic amines is 2. The van der Waals surface area contributed by atoms with E-state index in [4.69, 9.17) is 10.5 Å². The van der Waals surface area contributed by atoms with Crippen LogP contribution in [0.3, 0.4) is 0 Å². The molecule has 0 saturated carbocycles. The van der Waals surface area contributed by atoms with E-state index in [9.17, 15) is 14.4 Å². The number of hydrogen-bond acceptors (Lipinski definition) is 5. The Kier molecular flexibility index (Phi) is 7.41. The fraction of sp³-hybridized carbons (Fsp3) is 0.208. The number of rotatable bonds is 8. The number of aromatic nitrogens is 2. The number of nitrogens with two attached hydrogens (primary N) is 1. The van der Waals surface area contributed by atoms with Crippen molar-refractivity contribution < 1.29 is 9.53 Å². The minimum absolute atomic E-state index is 0.112. The van der Waals surface area contributed by atoms with Crippen LogP contribution in [-0.4, -0.2) is 48.0 Å². The predicted molar refractivity (Wildman–Crippen MR) is 124 cm³/mol. The smallest absolute Gasteiger partial charge is 0.272 e. The van der Waals surface area contributed by atoms with Crippen molar-refractivity contribution in [3.8, 4) is 5.75 Å². The lowest BCUT2D eigenvalue weighted by Crippen LogP contribution is -2.46. The second kappa shape index (κ2) is 10.4. The molecular formula is C24H26N4O4. The second-order valence-electron chi connectivity index (χ2n) is 7.58. The molecule has 0 fully saturated rings. The number of benzene rings is 2. The molecule has 1 aromatic heterocycles. The number of primary amides is 1. The highest BCUT2D eigenvalue weighted by molar-refractivity contribution is 5.92. The van der Waals surface area contributed by atoms with E-state index < -0.39 is 17.0 Å². The monoisotopic (exact) mass is 434 g/mol. The molecule has 1 heterocycles. The average molecular weight is 434 g/mol. The number of hydrogen-bond donors (Lipinski definition) is 3. The van der Waals surface area contributed by atoms with Gasteiger partial charge in [0.25, 0.3) is 11.1 Å². The third kappa shape index (κ3) is 6.29. The molecule has 0 aliphatic carbocycles. The van der Waals surface area contributed by atoms with Crippen LogP contribution >= 0.6 is 0 Å². The SMILES string of the molecule is CN(C)CCCOc1ccc(/C=c2\[nH]c(=O)c(=Cc3ccc(C(N)=O)cc3)[nH]c2=O)cc1. The highest BCUT2D eigenvalue weighted by Crippen LogP contribution is 2.12. The number of carbonyl (C=O) groups excluding carboxylic acids is 1. The third-order valence-corrected chi connectivity index (χ3v) is 4.70. The van der Waals surface area contributed by atoms with Crippen LogP contribution in [0.2, 0.25) is 0 Å². The van der Waals surface area contributed by atoms with Crippen LogP contribution in [0.15, 0.2) is 58.1 Å². The number of nitrogens with one attached hydrogen (secondary N) is 2. The zero-order valence-electron chi connectivity index (χ0n) is 18.1. The van der Waals surface area contributed by atoms with Crippen molar-refractivity contribution in [2.45, 2.75) is 6.42 Å². The number of ether oxygens (including phenoxy) is 1. The summed E-state index contributed by atoms with van der Waals surface area (Å²) in [4.78, 5) is 43.4. The van der Waals surface area contributed by atoms with Crippen molar-refractivity contribution in [1.29, 1.82) is 0 Å². The van der Waals surface area contributed by atoms with E-state index in [1.807, 2.05) is 38.4 Å². The summed E-state index contributed by atoms with van der Waals surface area (Å²) in [6.45, 7) is 1.57. The van der Waals surface area contributed by atoms with Crippen LogP contribution in [0.1, 0.15) is 27.9 Å². The lowest BCUT2D eigenvalue weighted by atomic mass is 10.1. The Balaban J connectivity index is 1.79. The summed E-state index contributed by atoms with van der Waals surface area (Å²) in [5.74, 6) is 0.210. The highest BCUT2D eigenvalue weighted by Gasteiger charge is 2.01. The molecule has 0 aliphatic heterocycles. The topological polar surface area (TPSA) is 121 Å². The molecule has 4 N–H and O–H groups in total. The van der Waals surface area contributed by atoms with Crippen molar-refractivity contribution in [3.63, 3.8) is 0 Å². The van der Waals surface area contributed by atoms with Gasteiger partial charge in [-0.05, 0) is 68.1 Å². The van der Waals surface area contributed by atoms with Crippen LogP contribution in [0.25, 0.3) is 12.2 Å². The molecule has 8 nitrogen and oxygen atoms in total. The number of H-pyrrole nitrogens is 2.